The quantitative estimate of drug-likeness (QED) is 0.771. The molecule has 118 valence electrons. The molecule has 1 amide bonds. The molecule has 0 aliphatic carbocycles. The summed E-state index contributed by atoms with van der Waals surface area (Å²) in [6.07, 6.45) is 0. The summed E-state index contributed by atoms with van der Waals surface area (Å²) < 4.78 is 0. The van der Waals surface area contributed by atoms with Crippen LogP contribution >= 0.6 is 0 Å². The van der Waals surface area contributed by atoms with E-state index in [9.17, 15) is 4.79 Å². The number of nitrogens with one attached hydrogen (secondary N) is 1. The molecule has 0 fully saturated rings. The number of carbonyl (C=O) groups is 1. The van der Waals surface area contributed by atoms with Crippen molar-refractivity contribution in [3.05, 3.63) is 35.4 Å². The van der Waals surface area contributed by atoms with Gasteiger partial charge in [0.05, 0.1) is 6.04 Å². The Morgan fingerprint density at radius 2 is 1.86 bits per heavy atom. The molecule has 4 nitrogen and oxygen atoms in total. The molecular weight excluding hydrogens is 262 g/mol. The first kappa shape index (κ1) is 17.7. The molecule has 0 aromatic heterocycles. The predicted octanol–water partition coefficient (Wildman–Crippen LogP) is 2.13. The van der Waals surface area contributed by atoms with Crippen molar-refractivity contribution < 1.29 is 4.79 Å². The molecular formula is C17H29N3O. The Morgan fingerprint density at radius 3 is 2.38 bits per heavy atom. The highest BCUT2D eigenvalue weighted by Crippen LogP contribution is 2.13. The first-order valence-electron chi connectivity index (χ1n) is 7.78. The summed E-state index contributed by atoms with van der Waals surface area (Å²) in [5.74, 6) is 0.560. The van der Waals surface area contributed by atoms with Crippen LogP contribution in [0.5, 0.6) is 0 Å². The average molecular weight is 291 g/mol. The van der Waals surface area contributed by atoms with Gasteiger partial charge in [0.15, 0.2) is 0 Å². The van der Waals surface area contributed by atoms with Crippen molar-refractivity contribution in [1.29, 1.82) is 0 Å². The largest absolute Gasteiger partial charge is 0.354 e. The Hall–Kier alpha value is -1.39. The number of carbonyl (C=O) groups excluding carboxylic acids is 1. The molecule has 0 spiro atoms. The van der Waals surface area contributed by atoms with Crippen LogP contribution < -0.4 is 11.1 Å². The first-order valence-corrected chi connectivity index (χ1v) is 7.78. The zero-order valence-electron chi connectivity index (χ0n) is 13.7. The molecule has 0 radical (unpaired) electrons. The third kappa shape index (κ3) is 5.48. The second-order valence-corrected chi connectivity index (χ2v) is 5.85. The molecule has 21 heavy (non-hydrogen) atoms. The van der Waals surface area contributed by atoms with E-state index in [0.29, 0.717) is 12.5 Å². The third-order valence-electron chi connectivity index (χ3n) is 3.73. The normalized spacial score (nSPS) is 12.7. The minimum absolute atomic E-state index is 0.0933. The van der Waals surface area contributed by atoms with Gasteiger partial charge in [0.2, 0.25) is 5.91 Å². The summed E-state index contributed by atoms with van der Waals surface area (Å²) in [7, 11) is 0. The van der Waals surface area contributed by atoms with Crippen LogP contribution in [-0.2, 0) is 17.9 Å². The molecule has 0 saturated heterocycles. The van der Waals surface area contributed by atoms with Crippen LogP contribution in [0.1, 0.15) is 38.8 Å². The number of amides is 1. The van der Waals surface area contributed by atoms with Crippen LogP contribution in [0.3, 0.4) is 0 Å². The molecule has 3 N–H and O–H groups in total. The van der Waals surface area contributed by atoms with E-state index in [1.807, 2.05) is 25.1 Å². The zero-order chi connectivity index (χ0) is 15.8. The van der Waals surface area contributed by atoms with Gasteiger partial charge in [-0.2, -0.15) is 0 Å². The van der Waals surface area contributed by atoms with Gasteiger partial charge in [0, 0.05) is 19.6 Å². The Bertz CT molecular complexity index is 445. The number of hydrogen-bond acceptors (Lipinski definition) is 3. The molecule has 0 bridgehead atoms. The number of rotatable bonds is 8. The summed E-state index contributed by atoms with van der Waals surface area (Å²) in [4.78, 5) is 14.4. The highest BCUT2D eigenvalue weighted by molar-refractivity contribution is 5.81. The highest BCUT2D eigenvalue weighted by Gasteiger charge is 2.20. The van der Waals surface area contributed by atoms with Gasteiger partial charge in [0.1, 0.15) is 0 Å². The second-order valence-electron chi connectivity index (χ2n) is 5.85. The number of nitrogens with two attached hydrogens (primary N) is 1. The fourth-order valence-electron chi connectivity index (χ4n) is 2.27. The Kier molecular flexibility index (Phi) is 7.40. The van der Waals surface area contributed by atoms with E-state index in [2.05, 4.69) is 37.1 Å². The van der Waals surface area contributed by atoms with Crippen molar-refractivity contribution in [1.82, 2.24) is 10.2 Å². The van der Waals surface area contributed by atoms with Gasteiger partial charge in [-0.3, -0.25) is 9.69 Å². The Labute approximate surface area is 128 Å². The van der Waals surface area contributed by atoms with Crippen LogP contribution in [0.2, 0.25) is 0 Å². The van der Waals surface area contributed by atoms with Gasteiger partial charge < -0.3 is 11.1 Å². The van der Waals surface area contributed by atoms with Crippen molar-refractivity contribution in [2.24, 2.45) is 11.7 Å². The smallest absolute Gasteiger partial charge is 0.237 e. The molecule has 0 aliphatic heterocycles. The molecule has 4 heteroatoms. The molecule has 1 atom stereocenters. The Balaban J connectivity index is 2.71. The maximum Gasteiger partial charge on any atom is 0.237 e. The fourth-order valence-corrected chi connectivity index (χ4v) is 2.27. The van der Waals surface area contributed by atoms with Crippen LogP contribution in [0, 0.1) is 5.92 Å². The number of likely N-dealkylation sites (N-methyl/N-ethyl adjacent to an activating group) is 1. The molecule has 0 saturated carbocycles. The minimum atomic E-state index is -0.139. The lowest BCUT2D eigenvalue weighted by molar-refractivity contribution is -0.126. The van der Waals surface area contributed by atoms with E-state index in [-0.39, 0.29) is 11.9 Å². The maximum absolute atomic E-state index is 12.2. The van der Waals surface area contributed by atoms with E-state index >= 15 is 0 Å². The monoisotopic (exact) mass is 291 g/mol. The van der Waals surface area contributed by atoms with E-state index in [0.717, 1.165) is 25.2 Å². The lowest BCUT2D eigenvalue weighted by atomic mass is 10.1. The molecule has 0 aliphatic rings. The van der Waals surface area contributed by atoms with Crippen molar-refractivity contribution >= 4 is 5.91 Å². The van der Waals surface area contributed by atoms with Crippen LogP contribution in [0.25, 0.3) is 0 Å². The third-order valence-corrected chi connectivity index (χ3v) is 3.73. The van der Waals surface area contributed by atoms with Crippen molar-refractivity contribution in [2.75, 3.05) is 13.1 Å². The summed E-state index contributed by atoms with van der Waals surface area (Å²) in [6.45, 7) is 11.1. The zero-order valence-corrected chi connectivity index (χ0v) is 13.7. The lowest BCUT2D eigenvalue weighted by Crippen LogP contribution is -2.45. The van der Waals surface area contributed by atoms with Gasteiger partial charge in [-0.05, 0) is 30.5 Å². The van der Waals surface area contributed by atoms with Crippen molar-refractivity contribution in [3.63, 3.8) is 0 Å². The second kappa shape index (κ2) is 8.80. The molecule has 0 heterocycles. The molecule has 1 aromatic carbocycles. The van der Waals surface area contributed by atoms with Crippen LogP contribution in [-0.4, -0.2) is 29.9 Å². The molecule has 1 rings (SSSR count). The fraction of sp³-hybridized carbons (Fsp3) is 0.588. The highest BCUT2D eigenvalue weighted by atomic mass is 16.2. The summed E-state index contributed by atoms with van der Waals surface area (Å²) >= 11 is 0. The predicted molar refractivity (Wildman–Crippen MR) is 87.7 cm³/mol. The SMILES string of the molecule is CCN(Cc1ccccc1CN)C(C)C(=O)NCC(C)C. The topological polar surface area (TPSA) is 58.4 Å². The average Bonchev–Trinajstić information content (AvgIpc) is 2.49. The van der Waals surface area contributed by atoms with Gasteiger partial charge in [-0.25, -0.2) is 0 Å². The molecule has 1 aromatic rings. The van der Waals surface area contributed by atoms with Crippen LogP contribution in [0.4, 0.5) is 0 Å². The van der Waals surface area contributed by atoms with Crippen LogP contribution in [0.15, 0.2) is 24.3 Å². The number of hydrogen-bond donors (Lipinski definition) is 2. The minimum Gasteiger partial charge on any atom is -0.354 e. The van der Waals surface area contributed by atoms with Gasteiger partial charge >= 0.3 is 0 Å². The summed E-state index contributed by atoms with van der Waals surface area (Å²) in [6, 6.07) is 8.02. The summed E-state index contributed by atoms with van der Waals surface area (Å²) in [5.41, 5.74) is 8.13. The maximum atomic E-state index is 12.2. The first-order chi connectivity index (χ1) is 9.99. The number of nitrogens with zero attached hydrogens (tertiary/aromatic N) is 1. The standard InChI is InChI=1S/C17H29N3O/c1-5-20(14(4)17(21)19-11-13(2)3)12-16-9-7-6-8-15(16)10-18/h6-9,13-14H,5,10-12,18H2,1-4H3,(H,19,21). The van der Waals surface area contributed by atoms with Gasteiger partial charge in [0.25, 0.3) is 0 Å². The van der Waals surface area contributed by atoms with E-state index in [1.165, 1.54) is 5.56 Å². The Morgan fingerprint density at radius 1 is 1.24 bits per heavy atom. The number of benzene rings is 1. The van der Waals surface area contributed by atoms with Gasteiger partial charge in [-0.1, -0.05) is 45.0 Å². The van der Waals surface area contributed by atoms with Gasteiger partial charge in [-0.15, -0.1) is 0 Å². The van der Waals surface area contributed by atoms with E-state index in [1.54, 1.807) is 0 Å². The van der Waals surface area contributed by atoms with E-state index < -0.39 is 0 Å². The van der Waals surface area contributed by atoms with E-state index in [4.69, 9.17) is 5.73 Å². The lowest BCUT2D eigenvalue weighted by Gasteiger charge is -2.28. The van der Waals surface area contributed by atoms with Crippen molar-refractivity contribution in [3.8, 4) is 0 Å². The summed E-state index contributed by atoms with van der Waals surface area (Å²) in [5, 5.41) is 3.01. The molecule has 1 unspecified atom stereocenters. The van der Waals surface area contributed by atoms with Crippen molar-refractivity contribution in [2.45, 2.75) is 46.8 Å².